The van der Waals surface area contributed by atoms with Crippen molar-refractivity contribution in [2.45, 2.75) is 14.7 Å². The molecule has 1 aromatic rings. The van der Waals surface area contributed by atoms with Gasteiger partial charge >= 0.3 is 0 Å². The summed E-state index contributed by atoms with van der Waals surface area (Å²) in [6, 6.07) is 3.77. The van der Waals surface area contributed by atoms with E-state index in [0.29, 0.717) is 0 Å². The van der Waals surface area contributed by atoms with E-state index in [9.17, 15) is 0 Å². The summed E-state index contributed by atoms with van der Waals surface area (Å²) in [7, 11) is 2.58. The number of hydrogen-bond acceptors (Lipinski definition) is 3. The molecule has 0 bridgehead atoms. The minimum Gasteiger partial charge on any atom is -0.143 e. The van der Waals surface area contributed by atoms with Crippen LogP contribution in [0.3, 0.4) is 0 Å². The lowest BCUT2D eigenvalue weighted by molar-refractivity contribution is 1.30. The lowest BCUT2D eigenvalue weighted by Gasteiger charge is -2.02. The van der Waals surface area contributed by atoms with E-state index in [2.05, 4.69) is 47.1 Å². The van der Waals surface area contributed by atoms with E-state index in [-0.39, 0.29) is 0 Å². The van der Waals surface area contributed by atoms with Crippen molar-refractivity contribution in [2.75, 3.05) is 0 Å². The monoisotopic (exact) mass is 206 g/mol. The second-order valence-electron chi connectivity index (χ2n) is 1.90. The summed E-state index contributed by atoms with van der Waals surface area (Å²) in [4.78, 5) is 2.70. The van der Waals surface area contributed by atoms with Crippen LogP contribution in [-0.4, -0.2) is 0 Å². The Morgan fingerprint density at radius 2 is 1.40 bits per heavy atom. The number of hydrogen-bond donors (Lipinski definition) is 3. The Kier molecular flexibility index (Phi) is 2.99. The van der Waals surface area contributed by atoms with E-state index < -0.39 is 0 Å². The van der Waals surface area contributed by atoms with E-state index in [0.717, 1.165) is 20.0 Å². The first-order chi connectivity index (χ1) is 4.61. The van der Waals surface area contributed by atoms with Gasteiger partial charge in [0, 0.05) is 14.7 Å². The maximum absolute atomic E-state index is 4.22. The second kappa shape index (κ2) is 3.40. The maximum Gasteiger partial charge on any atom is 0.0134 e. The molecular formula is C6H7PS3. The molecule has 0 saturated heterocycles. The third-order valence-corrected chi connectivity index (χ3v) is 3.23. The normalized spacial score (nSPS) is 10.0. The molecule has 0 aliphatic carbocycles. The average Bonchev–Trinajstić information content (AvgIpc) is 1.82. The molecule has 0 fully saturated rings. The van der Waals surface area contributed by atoms with Crippen LogP contribution in [0.1, 0.15) is 0 Å². The van der Waals surface area contributed by atoms with Gasteiger partial charge in [0.2, 0.25) is 0 Å². The molecule has 1 aromatic carbocycles. The molecule has 0 nitrogen and oxygen atoms in total. The van der Waals surface area contributed by atoms with Crippen LogP contribution in [0, 0.1) is 0 Å². The quantitative estimate of drug-likeness (QED) is 0.420. The van der Waals surface area contributed by atoms with Gasteiger partial charge in [-0.3, -0.25) is 0 Å². The highest BCUT2D eigenvalue weighted by molar-refractivity contribution is 7.82. The van der Waals surface area contributed by atoms with Crippen LogP contribution in [0.2, 0.25) is 0 Å². The lowest BCUT2D eigenvalue weighted by atomic mass is 10.3. The zero-order chi connectivity index (χ0) is 7.72. The summed E-state index contributed by atoms with van der Waals surface area (Å²) in [6.45, 7) is 0. The van der Waals surface area contributed by atoms with Crippen LogP contribution in [0.15, 0.2) is 26.8 Å². The Hall–Kier alpha value is 0.700. The highest BCUT2D eigenvalue weighted by atomic mass is 32.1. The Morgan fingerprint density at radius 1 is 1.00 bits per heavy atom. The van der Waals surface area contributed by atoms with Crippen molar-refractivity contribution in [2.24, 2.45) is 0 Å². The van der Waals surface area contributed by atoms with Gasteiger partial charge in [-0.1, -0.05) is 0 Å². The molecule has 0 heterocycles. The average molecular weight is 206 g/mol. The molecule has 1 unspecified atom stereocenters. The molecule has 0 amide bonds. The van der Waals surface area contributed by atoms with E-state index in [4.69, 9.17) is 0 Å². The standard InChI is InChI=1S/C6H7PS3/c7-6-4(9)1-3(8)2-5(6)10/h1-2,8-10H,7H2. The van der Waals surface area contributed by atoms with Gasteiger partial charge < -0.3 is 0 Å². The van der Waals surface area contributed by atoms with Crippen molar-refractivity contribution in [3.63, 3.8) is 0 Å². The van der Waals surface area contributed by atoms with Gasteiger partial charge in [0.1, 0.15) is 0 Å². The fourth-order valence-electron chi connectivity index (χ4n) is 0.609. The summed E-state index contributed by atoms with van der Waals surface area (Å²) in [5, 5.41) is 1.02. The van der Waals surface area contributed by atoms with Crippen LogP contribution in [0.25, 0.3) is 0 Å². The highest BCUT2D eigenvalue weighted by Gasteiger charge is 1.98. The smallest absolute Gasteiger partial charge is 0.0134 e. The number of benzene rings is 1. The van der Waals surface area contributed by atoms with Crippen molar-refractivity contribution >= 4 is 52.4 Å². The third-order valence-electron chi connectivity index (χ3n) is 1.12. The fourth-order valence-corrected chi connectivity index (χ4v) is 1.84. The lowest BCUT2D eigenvalue weighted by Crippen LogP contribution is -1.95. The zero-order valence-electron chi connectivity index (χ0n) is 5.07. The maximum atomic E-state index is 4.22. The molecule has 0 aliphatic rings. The van der Waals surface area contributed by atoms with Gasteiger partial charge in [-0.2, -0.15) is 0 Å². The number of rotatable bonds is 0. The Balaban J connectivity index is 3.31. The Labute approximate surface area is 79.2 Å². The summed E-state index contributed by atoms with van der Waals surface area (Å²) in [5.41, 5.74) is 0. The first kappa shape index (κ1) is 8.79. The topological polar surface area (TPSA) is 0 Å². The molecule has 0 saturated carbocycles. The van der Waals surface area contributed by atoms with Crippen molar-refractivity contribution in [3.8, 4) is 0 Å². The van der Waals surface area contributed by atoms with E-state index in [1.807, 2.05) is 12.1 Å². The molecule has 0 spiro atoms. The summed E-state index contributed by atoms with van der Waals surface area (Å²) in [6.07, 6.45) is 0. The van der Waals surface area contributed by atoms with Crippen molar-refractivity contribution in [3.05, 3.63) is 12.1 Å². The Bertz CT molecular complexity index is 236. The van der Waals surface area contributed by atoms with Gasteiger partial charge in [-0.05, 0) is 17.4 Å². The van der Waals surface area contributed by atoms with Crippen molar-refractivity contribution in [1.82, 2.24) is 0 Å². The molecule has 1 rings (SSSR count). The van der Waals surface area contributed by atoms with Crippen molar-refractivity contribution < 1.29 is 0 Å². The van der Waals surface area contributed by atoms with Crippen LogP contribution in [0.4, 0.5) is 0 Å². The van der Waals surface area contributed by atoms with Crippen LogP contribution in [0.5, 0.6) is 0 Å². The van der Waals surface area contributed by atoms with Gasteiger partial charge in [0.05, 0.1) is 0 Å². The molecule has 54 valence electrons. The zero-order valence-corrected chi connectivity index (χ0v) is 8.91. The largest absolute Gasteiger partial charge is 0.143 e. The second-order valence-corrected chi connectivity index (χ2v) is 3.96. The minimum atomic E-state index is 0.890. The number of thiol groups is 3. The minimum absolute atomic E-state index is 0.890. The van der Waals surface area contributed by atoms with Gasteiger partial charge in [0.15, 0.2) is 0 Å². The summed E-state index contributed by atoms with van der Waals surface area (Å²) >= 11 is 12.6. The van der Waals surface area contributed by atoms with Gasteiger partial charge in [-0.15, -0.1) is 47.1 Å². The third kappa shape index (κ3) is 1.85. The molecule has 0 aliphatic heterocycles. The van der Waals surface area contributed by atoms with E-state index in [1.54, 1.807) is 0 Å². The molecule has 10 heavy (non-hydrogen) atoms. The molecule has 0 radical (unpaired) electrons. The van der Waals surface area contributed by atoms with Crippen LogP contribution in [-0.2, 0) is 0 Å². The fraction of sp³-hybridized carbons (Fsp3) is 0. The summed E-state index contributed by atoms with van der Waals surface area (Å²) < 4.78 is 0. The highest BCUT2D eigenvalue weighted by Crippen LogP contribution is 2.18. The Morgan fingerprint density at radius 3 is 1.80 bits per heavy atom. The molecule has 0 aromatic heterocycles. The SMILES string of the molecule is Pc1c(S)cc(S)cc1S. The molecule has 4 heteroatoms. The van der Waals surface area contributed by atoms with E-state index >= 15 is 0 Å². The molecular weight excluding hydrogens is 199 g/mol. The predicted octanol–water partition coefficient (Wildman–Crippen LogP) is 2.05. The summed E-state index contributed by atoms with van der Waals surface area (Å²) in [5.74, 6) is 0. The predicted molar refractivity (Wildman–Crippen MR) is 57.5 cm³/mol. The molecule has 1 atom stereocenters. The van der Waals surface area contributed by atoms with Crippen LogP contribution < -0.4 is 5.30 Å². The first-order valence-electron chi connectivity index (χ1n) is 2.61. The van der Waals surface area contributed by atoms with E-state index in [1.165, 1.54) is 0 Å². The van der Waals surface area contributed by atoms with Crippen LogP contribution >= 0.6 is 47.1 Å². The van der Waals surface area contributed by atoms with Gasteiger partial charge in [0.25, 0.3) is 0 Å². The molecule has 0 N–H and O–H groups in total. The van der Waals surface area contributed by atoms with Crippen molar-refractivity contribution in [1.29, 1.82) is 0 Å². The first-order valence-corrected chi connectivity index (χ1v) is 4.53. The van der Waals surface area contributed by atoms with Gasteiger partial charge in [-0.25, -0.2) is 0 Å².